The summed E-state index contributed by atoms with van der Waals surface area (Å²) in [5, 5.41) is 10.3. The molecule has 0 fully saturated rings. The van der Waals surface area contributed by atoms with E-state index >= 15 is 0 Å². The molecule has 3 aromatic rings. The fourth-order valence-electron chi connectivity index (χ4n) is 2.17. The second-order valence-corrected chi connectivity index (χ2v) is 4.59. The van der Waals surface area contributed by atoms with E-state index in [1.54, 1.807) is 49.7 Å². The van der Waals surface area contributed by atoms with Crippen LogP contribution in [0.2, 0.25) is 0 Å². The van der Waals surface area contributed by atoms with Gasteiger partial charge in [-0.1, -0.05) is 12.1 Å². The number of rotatable bonds is 4. The fourth-order valence-corrected chi connectivity index (χ4v) is 2.17. The van der Waals surface area contributed by atoms with E-state index in [-0.39, 0.29) is 6.54 Å². The van der Waals surface area contributed by atoms with Crippen molar-refractivity contribution in [2.75, 3.05) is 7.11 Å². The van der Waals surface area contributed by atoms with Gasteiger partial charge in [0.1, 0.15) is 5.75 Å². The van der Waals surface area contributed by atoms with E-state index < -0.39 is 11.9 Å². The number of oxazole rings is 1. The topological polar surface area (TPSA) is 77.5 Å². The third-order valence-corrected chi connectivity index (χ3v) is 3.28. The van der Waals surface area contributed by atoms with Crippen LogP contribution in [0.3, 0.4) is 0 Å². The number of aliphatic hydroxyl groups is 1. The normalized spacial score (nSPS) is 12.5. The molecule has 0 aliphatic heterocycles. The number of hydrogen-bond acceptors (Lipinski definition) is 5. The summed E-state index contributed by atoms with van der Waals surface area (Å²) in [6, 6.07) is 10.4. The van der Waals surface area contributed by atoms with Crippen LogP contribution in [0, 0.1) is 0 Å². The van der Waals surface area contributed by atoms with Crippen molar-refractivity contribution in [3.63, 3.8) is 0 Å². The van der Waals surface area contributed by atoms with Gasteiger partial charge in [0.2, 0.25) is 0 Å². The zero-order valence-corrected chi connectivity index (χ0v) is 11.4. The molecule has 1 N–H and O–H groups in total. The average Bonchev–Trinajstić information content (AvgIpc) is 2.83. The Hall–Kier alpha value is -2.60. The highest BCUT2D eigenvalue weighted by atomic mass is 16.5. The van der Waals surface area contributed by atoms with Crippen molar-refractivity contribution < 1.29 is 14.3 Å². The molecule has 1 atom stereocenters. The van der Waals surface area contributed by atoms with Crippen LogP contribution in [0.1, 0.15) is 11.7 Å². The fraction of sp³-hybridized carbons (Fsp3) is 0.200. The van der Waals surface area contributed by atoms with Crippen molar-refractivity contribution >= 4 is 11.2 Å². The lowest BCUT2D eigenvalue weighted by atomic mass is 10.1. The molecule has 2 aromatic heterocycles. The Kier molecular flexibility index (Phi) is 3.45. The number of pyridine rings is 1. The van der Waals surface area contributed by atoms with Crippen LogP contribution in [-0.4, -0.2) is 21.8 Å². The predicted octanol–water partition coefficient (Wildman–Crippen LogP) is 1.73. The highest BCUT2D eigenvalue weighted by molar-refractivity contribution is 5.67. The molecule has 0 saturated carbocycles. The maximum Gasteiger partial charge on any atom is 0.421 e. The molecule has 2 heterocycles. The van der Waals surface area contributed by atoms with Crippen molar-refractivity contribution in [3.05, 3.63) is 58.7 Å². The Morgan fingerprint density at radius 2 is 2.10 bits per heavy atom. The van der Waals surface area contributed by atoms with Crippen molar-refractivity contribution in [2.45, 2.75) is 12.6 Å². The van der Waals surface area contributed by atoms with Gasteiger partial charge in [-0.2, -0.15) is 0 Å². The molecular weight excluding hydrogens is 272 g/mol. The molecule has 1 aromatic carbocycles. The highest BCUT2D eigenvalue weighted by Gasteiger charge is 2.15. The lowest BCUT2D eigenvalue weighted by molar-refractivity contribution is 0.154. The second-order valence-electron chi connectivity index (χ2n) is 4.59. The lowest BCUT2D eigenvalue weighted by Crippen LogP contribution is -2.19. The molecule has 0 bridgehead atoms. The molecule has 0 aliphatic rings. The molecule has 3 rings (SSSR count). The largest absolute Gasteiger partial charge is 0.497 e. The van der Waals surface area contributed by atoms with E-state index in [1.807, 2.05) is 0 Å². The molecule has 6 heteroatoms. The first kappa shape index (κ1) is 13.4. The van der Waals surface area contributed by atoms with Crippen LogP contribution in [0.5, 0.6) is 5.75 Å². The molecule has 1 unspecified atom stereocenters. The highest BCUT2D eigenvalue weighted by Crippen LogP contribution is 2.20. The summed E-state index contributed by atoms with van der Waals surface area (Å²) in [6.07, 6.45) is 0.740. The van der Waals surface area contributed by atoms with Crippen LogP contribution in [0.4, 0.5) is 0 Å². The zero-order valence-electron chi connectivity index (χ0n) is 11.4. The first-order chi connectivity index (χ1) is 10.2. The Bertz CT molecular complexity index is 804. The van der Waals surface area contributed by atoms with Gasteiger partial charge in [0.25, 0.3) is 0 Å². The van der Waals surface area contributed by atoms with Crippen LogP contribution in [0.25, 0.3) is 11.2 Å². The van der Waals surface area contributed by atoms with Gasteiger partial charge in [0.05, 0.1) is 19.8 Å². The minimum Gasteiger partial charge on any atom is -0.497 e. The molecule has 0 aliphatic carbocycles. The van der Waals surface area contributed by atoms with Crippen molar-refractivity contribution in [1.82, 2.24) is 9.55 Å². The zero-order chi connectivity index (χ0) is 14.8. The maximum atomic E-state index is 11.8. The summed E-state index contributed by atoms with van der Waals surface area (Å²) in [5.74, 6) is 0.176. The Morgan fingerprint density at radius 1 is 1.33 bits per heavy atom. The maximum absolute atomic E-state index is 11.8. The summed E-state index contributed by atoms with van der Waals surface area (Å²) < 4.78 is 11.5. The van der Waals surface area contributed by atoms with Gasteiger partial charge in [-0.25, -0.2) is 9.78 Å². The summed E-state index contributed by atoms with van der Waals surface area (Å²) in [6.45, 7) is 0.0785. The Balaban J connectivity index is 1.90. The number of ether oxygens (including phenoxy) is 1. The number of hydrogen-bond donors (Lipinski definition) is 1. The van der Waals surface area contributed by atoms with E-state index in [1.165, 1.54) is 4.57 Å². The summed E-state index contributed by atoms with van der Waals surface area (Å²) in [4.78, 5) is 15.9. The number of methoxy groups -OCH3 is 1. The third-order valence-electron chi connectivity index (χ3n) is 3.28. The number of aromatic nitrogens is 2. The van der Waals surface area contributed by atoms with Gasteiger partial charge < -0.3 is 14.3 Å². The molecule has 6 nitrogen and oxygen atoms in total. The van der Waals surface area contributed by atoms with Crippen LogP contribution >= 0.6 is 0 Å². The minimum absolute atomic E-state index is 0.0785. The van der Waals surface area contributed by atoms with Crippen LogP contribution in [0.15, 0.2) is 51.8 Å². The lowest BCUT2D eigenvalue weighted by Gasteiger charge is -2.11. The standard InChI is InChI=1S/C15H14N2O4/c1-20-11-6-4-10(5-7-11)12(18)9-17-14-13(21-15(17)19)3-2-8-16-14/h2-8,12,18H,9H2,1H3. The third kappa shape index (κ3) is 2.53. The van der Waals surface area contributed by atoms with E-state index in [2.05, 4.69) is 4.98 Å². The second kappa shape index (κ2) is 5.41. The average molecular weight is 286 g/mol. The van der Waals surface area contributed by atoms with E-state index in [9.17, 15) is 9.90 Å². The summed E-state index contributed by atoms with van der Waals surface area (Å²) in [7, 11) is 1.58. The minimum atomic E-state index is -0.837. The van der Waals surface area contributed by atoms with Crippen LogP contribution in [-0.2, 0) is 6.54 Å². The molecule has 108 valence electrons. The number of fused-ring (bicyclic) bond motifs is 1. The molecule has 21 heavy (non-hydrogen) atoms. The van der Waals surface area contributed by atoms with E-state index in [0.29, 0.717) is 22.5 Å². The Labute approximate surface area is 120 Å². The van der Waals surface area contributed by atoms with Crippen LogP contribution < -0.4 is 10.5 Å². The van der Waals surface area contributed by atoms with Crippen molar-refractivity contribution in [1.29, 1.82) is 0 Å². The SMILES string of the molecule is COc1ccc(C(O)Cn2c(=O)oc3cccnc32)cc1. The molecule has 0 radical (unpaired) electrons. The quantitative estimate of drug-likeness (QED) is 0.790. The smallest absolute Gasteiger partial charge is 0.421 e. The van der Waals surface area contributed by atoms with Crippen molar-refractivity contribution in [3.8, 4) is 5.75 Å². The summed E-state index contributed by atoms with van der Waals surface area (Å²) in [5.41, 5.74) is 1.52. The molecular formula is C15H14N2O4. The van der Waals surface area contributed by atoms with Gasteiger partial charge in [0, 0.05) is 6.20 Å². The van der Waals surface area contributed by atoms with Gasteiger partial charge >= 0.3 is 5.76 Å². The number of nitrogens with zero attached hydrogens (tertiary/aromatic N) is 2. The monoisotopic (exact) mass is 286 g/mol. The first-order valence-corrected chi connectivity index (χ1v) is 6.45. The van der Waals surface area contributed by atoms with Gasteiger partial charge in [-0.15, -0.1) is 0 Å². The molecule has 0 saturated heterocycles. The number of benzene rings is 1. The van der Waals surface area contributed by atoms with Gasteiger partial charge in [-0.05, 0) is 29.8 Å². The van der Waals surface area contributed by atoms with E-state index in [0.717, 1.165) is 0 Å². The van der Waals surface area contributed by atoms with Crippen molar-refractivity contribution in [2.24, 2.45) is 0 Å². The number of aliphatic hydroxyl groups excluding tert-OH is 1. The summed E-state index contributed by atoms with van der Waals surface area (Å²) >= 11 is 0. The molecule has 0 amide bonds. The van der Waals surface area contributed by atoms with Gasteiger partial charge in [0.15, 0.2) is 11.2 Å². The molecule has 0 spiro atoms. The van der Waals surface area contributed by atoms with Gasteiger partial charge in [-0.3, -0.25) is 4.57 Å². The predicted molar refractivity (Wildman–Crippen MR) is 76.2 cm³/mol. The van der Waals surface area contributed by atoms with E-state index in [4.69, 9.17) is 9.15 Å². The first-order valence-electron chi connectivity index (χ1n) is 6.45. The Morgan fingerprint density at radius 3 is 2.81 bits per heavy atom.